The van der Waals surface area contributed by atoms with E-state index in [4.69, 9.17) is 4.74 Å². The van der Waals surface area contributed by atoms with Crippen molar-refractivity contribution in [3.8, 4) is 5.75 Å². The summed E-state index contributed by atoms with van der Waals surface area (Å²) >= 11 is 0. The molecule has 0 spiro atoms. The van der Waals surface area contributed by atoms with Gasteiger partial charge in [-0.1, -0.05) is 12.1 Å². The Morgan fingerprint density at radius 2 is 2.23 bits per heavy atom. The highest BCUT2D eigenvalue weighted by molar-refractivity contribution is 5.53. The molecule has 2 aromatic rings. The minimum absolute atomic E-state index is 0.243. The standard InChI is InChI=1S/C20H26N4O2/c1-26-18-6-2-5-15-16(18)7-8-17(15)23-19-10-20(22-13-21-19)24-9-3-4-14(11-24)12-25/h2,5-6,10,13-14,17,25H,3-4,7-9,11-12H2,1H3,(H,21,22,23). The maximum atomic E-state index is 9.45. The Hall–Kier alpha value is -2.34. The van der Waals surface area contributed by atoms with Gasteiger partial charge < -0.3 is 20.1 Å². The van der Waals surface area contributed by atoms with Crippen molar-refractivity contribution in [3.05, 3.63) is 41.7 Å². The number of nitrogens with zero attached hydrogens (tertiary/aromatic N) is 3. The SMILES string of the molecule is COc1cccc2c1CCC2Nc1cc(N2CCCC(CO)C2)ncn1. The van der Waals surface area contributed by atoms with Gasteiger partial charge in [0.05, 0.1) is 13.2 Å². The summed E-state index contributed by atoms with van der Waals surface area (Å²) < 4.78 is 5.49. The van der Waals surface area contributed by atoms with Gasteiger partial charge in [-0.3, -0.25) is 0 Å². The normalized spacial score (nSPS) is 22.2. The first-order valence-corrected chi connectivity index (χ1v) is 9.38. The van der Waals surface area contributed by atoms with Gasteiger partial charge in [0.25, 0.3) is 0 Å². The van der Waals surface area contributed by atoms with Gasteiger partial charge in [-0.15, -0.1) is 0 Å². The van der Waals surface area contributed by atoms with E-state index in [-0.39, 0.29) is 12.6 Å². The Balaban J connectivity index is 1.51. The summed E-state index contributed by atoms with van der Waals surface area (Å²) in [6.07, 6.45) is 5.85. The zero-order valence-corrected chi connectivity index (χ0v) is 15.2. The molecular weight excluding hydrogens is 328 g/mol. The molecule has 2 unspecified atom stereocenters. The number of benzene rings is 1. The monoisotopic (exact) mass is 354 g/mol. The largest absolute Gasteiger partial charge is 0.496 e. The second kappa shape index (κ2) is 7.50. The molecule has 4 rings (SSSR count). The van der Waals surface area contributed by atoms with Crippen LogP contribution >= 0.6 is 0 Å². The minimum atomic E-state index is 0.243. The summed E-state index contributed by atoms with van der Waals surface area (Å²) in [5, 5.41) is 13.0. The highest BCUT2D eigenvalue weighted by atomic mass is 16.5. The van der Waals surface area contributed by atoms with Crippen LogP contribution in [0.5, 0.6) is 5.75 Å². The number of piperidine rings is 1. The lowest BCUT2D eigenvalue weighted by atomic mass is 9.99. The van der Waals surface area contributed by atoms with Crippen LogP contribution in [0.2, 0.25) is 0 Å². The van der Waals surface area contributed by atoms with E-state index in [0.29, 0.717) is 5.92 Å². The molecular formula is C20H26N4O2. The number of fused-ring (bicyclic) bond motifs is 1. The van der Waals surface area contributed by atoms with Crippen LogP contribution in [0.25, 0.3) is 0 Å². The summed E-state index contributed by atoms with van der Waals surface area (Å²) in [6.45, 7) is 2.08. The highest BCUT2D eigenvalue weighted by Crippen LogP contribution is 2.38. The van der Waals surface area contributed by atoms with Crippen molar-refractivity contribution in [3.63, 3.8) is 0 Å². The fraction of sp³-hybridized carbons (Fsp3) is 0.500. The minimum Gasteiger partial charge on any atom is -0.496 e. The second-order valence-corrected chi connectivity index (χ2v) is 7.16. The molecule has 6 nitrogen and oxygen atoms in total. The molecule has 26 heavy (non-hydrogen) atoms. The molecule has 2 atom stereocenters. The first kappa shape index (κ1) is 17.1. The number of methoxy groups -OCH3 is 1. The van der Waals surface area contributed by atoms with Crippen LogP contribution < -0.4 is 15.0 Å². The van der Waals surface area contributed by atoms with E-state index >= 15 is 0 Å². The topological polar surface area (TPSA) is 70.5 Å². The van der Waals surface area contributed by atoms with Gasteiger partial charge in [0.1, 0.15) is 23.7 Å². The smallest absolute Gasteiger partial charge is 0.134 e. The van der Waals surface area contributed by atoms with E-state index in [9.17, 15) is 5.11 Å². The first-order chi connectivity index (χ1) is 12.8. The fourth-order valence-electron chi connectivity index (χ4n) is 4.16. The van der Waals surface area contributed by atoms with Crippen molar-refractivity contribution in [1.29, 1.82) is 0 Å². The van der Waals surface area contributed by atoms with Crippen molar-refractivity contribution >= 4 is 11.6 Å². The summed E-state index contributed by atoms with van der Waals surface area (Å²) in [5.74, 6) is 3.09. The molecule has 1 fully saturated rings. The van der Waals surface area contributed by atoms with Crippen LogP contribution in [0.3, 0.4) is 0 Å². The van der Waals surface area contributed by atoms with Gasteiger partial charge in [-0.25, -0.2) is 9.97 Å². The first-order valence-electron chi connectivity index (χ1n) is 9.38. The number of anilines is 2. The zero-order chi connectivity index (χ0) is 17.9. The number of aliphatic hydroxyl groups is 1. The van der Waals surface area contributed by atoms with Crippen LogP contribution in [-0.4, -0.2) is 41.9 Å². The molecule has 0 bridgehead atoms. The van der Waals surface area contributed by atoms with Crippen LogP contribution in [-0.2, 0) is 6.42 Å². The maximum absolute atomic E-state index is 9.45. The zero-order valence-electron chi connectivity index (χ0n) is 15.2. The Bertz CT molecular complexity index is 767. The van der Waals surface area contributed by atoms with Crippen molar-refractivity contribution in [2.75, 3.05) is 37.0 Å². The number of hydrogen-bond acceptors (Lipinski definition) is 6. The van der Waals surface area contributed by atoms with Crippen molar-refractivity contribution in [1.82, 2.24) is 9.97 Å². The lowest BCUT2D eigenvalue weighted by Gasteiger charge is -2.32. The van der Waals surface area contributed by atoms with E-state index in [1.807, 2.05) is 18.2 Å². The van der Waals surface area contributed by atoms with Crippen LogP contribution in [0.15, 0.2) is 30.6 Å². The Morgan fingerprint density at radius 1 is 1.31 bits per heavy atom. The Morgan fingerprint density at radius 3 is 3.08 bits per heavy atom. The Labute approximate surface area is 154 Å². The molecule has 0 amide bonds. The molecule has 2 aliphatic rings. The third kappa shape index (κ3) is 3.33. The number of aliphatic hydroxyl groups excluding tert-OH is 1. The lowest BCUT2D eigenvalue weighted by molar-refractivity contribution is 0.208. The summed E-state index contributed by atoms with van der Waals surface area (Å²) in [4.78, 5) is 11.1. The summed E-state index contributed by atoms with van der Waals surface area (Å²) in [7, 11) is 1.73. The molecule has 1 aromatic carbocycles. The quantitative estimate of drug-likeness (QED) is 0.860. The van der Waals surface area contributed by atoms with Crippen LogP contribution in [0, 0.1) is 5.92 Å². The van der Waals surface area contributed by atoms with Crippen molar-refractivity contribution < 1.29 is 9.84 Å². The second-order valence-electron chi connectivity index (χ2n) is 7.16. The molecule has 2 heterocycles. The van der Waals surface area contributed by atoms with E-state index in [2.05, 4.69) is 26.3 Å². The molecule has 1 aliphatic heterocycles. The number of hydrogen-bond donors (Lipinski definition) is 2. The van der Waals surface area contributed by atoms with Gasteiger partial charge in [0.2, 0.25) is 0 Å². The molecule has 1 saturated heterocycles. The summed E-state index contributed by atoms with van der Waals surface area (Å²) in [6, 6.07) is 8.51. The van der Waals surface area contributed by atoms with Gasteiger partial charge >= 0.3 is 0 Å². The number of rotatable bonds is 5. The summed E-state index contributed by atoms with van der Waals surface area (Å²) in [5.41, 5.74) is 2.59. The number of ether oxygens (including phenoxy) is 1. The average Bonchev–Trinajstić information content (AvgIpc) is 3.11. The van der Waals surface area contributed by atoms with Crippen LogP contribution in [0.1, 0.15) is 36.4 Å². The number of aromatic nitrogens is 2. The molecule has 1 aromatic heterocycles. The van der Waals surface area contributed by atoms with E-state index in [0.717, 1.165) is 56.2 Å². The molecule has 1 aliphatic carbocycles. The molecule has 0 saturated carbocycles. The third-order valence-electron chi connectivity index (χ3n) is 5.52. The van der Waals surface area contributed by atoms with Gasteiger partial charge in [0.15, 0.2) is 0 Å². The molecule has 138 valence electrons. The predicted octanol–water partition coefficient (Wildman–Crippen LogP) is 2.79. The average molecular weight is 354 g/mol. The highest BCUT2D eigenvalue weighted by Gasteiger charge is 2.26. The van der Waals surface area contributed by atoms with Gasteiger partial charge in [-0.2, -0.15) is 0 Å². The Kier molecular flexibility index (Phi) is 4.93. The number of nitrogens with one attached hydrogen (secondary N) is 1. The van der Waals surface area contributed by atoms with Gasteiger partial charge in [0, 0.05) is 25.8 Å². The fourth-order valence-corrected chi connectivity index (χ4v) is 4.16. The third-order valence-corrected chi connectivity index (χ3v) is 5.52. The van der Waals surface area contributed by atoms with Gasteiger partial charge in [-0.05, 0) is 48.8 Å². The molecule has 6 heteroatoms. The van der Waals surface area contributed by atoms with Crippen molar-refractivity contribution in [2.45, 2.75) is 31.7 Å². The lowest BCUT2D eigenvalue weighted by Crippen LogP contribution is -2.37. The van der Waals surface area contributed by atoms with E-state index in [1.165, 1.54) is 11.1 Å². The van der Waals surface area contributed by atoms with Crippen molar-refractivity contribution in [2.24, 2.45) is 5.92 Å². The maximum Gasteiger partial charge on any atom is 0.134 e. The molecule has 2 N–H and O–H groups in total. The predicted molar refractivity (Wildman–Crippen MR) is 102 cm³/mol. The van der Waals surface area contributed by atoms with E-state index in [1.54, 1.807) is 13.4 Å². The van der Waals surface area contributed by atoms with Crippen LogP contribution in [0.4, 0.5) is 11.6 Å². The molecule has 0 radical (unpaired) electrons. The van der Waals surface area contributed by atoms with E-state index < -0.39 is 0 Å².